The van der Waals surface area contributed by atoms with Gasteiger partial charge in [0.25, 0.3) is 5.91 Å². The van der Waals surface area contributed by atoms with Crippen molar-refractivity contribution in [3.8, 4) is 11.3 Å². The molecule has 0 saturated carbocycles. The van der Waals surface area contributed by atoms with Gasteiger partial charge in [-0.25, -0.2) is 0 Å². The molecule has 1 aromatic carbocycles. The fraction of sp³-hybridized carbons (Fsp3) is 0.444. The van der Waals surface area contributed by atoms with E-state index in [9.17, 15) is 4.79 Å². The number of amides is 1. The first-order valence-electron chi connectivity index (χ1n) is 8.30. The molecule has 136 valence electrons. The Morgan fingerprint density at radius 1 is 1.40 bits per heavy atom. The summed E-state index contributed by atoms with van der Waals surface area (Å²) in [6.07, 6.45) is 3.84. The van der Waals surface area contributed by atoms with Crippen molar-refractivity contribution < 1.29 is 4.79 Å². The van der Waals surface area contributed by atoms with E-state index in [2.05, 4.69) is 5.10 Å². The Bertz CT molecular complexity index is 744. The van der Waals surface area contributed by atoms with E-state index in [4.69, 9.17) is 17.3 Å². The van der Waals surface area contributed by atoms with Gasteiger partial charge in [-0.05, 0) is 31.7 Å². The molecule has 0 radical (unpaired) electrons. The average molecular weight is 383 g/mol. The van der Waals surface area contributed by atoms with Gasteiger partial charge in [-0.2, -0.15) is 5.10 Å². The van der Waals surface area contributed by atoms with Crippen LogP contribution in [0.15, 0.2) is 30.5 Å². The van der Waals surface area contributed by atoms with Crippen LogP contribution in [0.1, 0.15) is 30.1 Å². The largest absolute Gasteiger partial charge is 0.338 e. The number of nitrogens with zero attached hydrogens (tertiary/aromatic N) is 3. The van der Waals surface area contributed by atoms with E-state index in [0.29, 0.717) is 28.7 Å². The summed E-state index contributed by atoms with van der Waals surface area (Å²) in [5, 5.41) is 5.07. The van der Waals surface area contributed by atoms with Crippen LogP contribution in [-0.4, -0.2) is 39.7 Å². The predicted octanol–water partition coefficient (Wildman–Crippen LogP) is 3.36. The van der Waals surface area contributed by atoms with Crippen LogP contribution in [0.5, 0.6) is 0 Å². The van der Waals surface area contributed by atoms with E-state index < -0.39 is 0 Å². The first-order chi connectivity index (χ1) is 11.5. The van der Waals surface area contributed by atoms with Crippen molar-refractivity contribution in [3.63, 3.8) is 0 Å². The zero-order valence-electron chi connectivity index (χ0n) is 14.5. The number of rotatable bonds is 3. The van der Waals surface area contributed by atoms with Gasteiger partial charge in [-0.3, -0.25) is 9.48 Å². The van der Waals surface area contributed by atoms with Gasteiger partial charge in [-0.1, -0.05) is 29.8 Å². The molecule has 2 N–H and O–H groups in total. The first-order valence-corrected chi connectivity index (χ1v) is 8.68. The van der Waals surface area contributed by atoms with E-state index in [0.717, 1.165) is 24.9 Å². The number of benzene rings is 1. The molecule has 1 amide bonds. The zero-order chi connectivity index (χ0) is 17.3. The van der Waals surface area contributed by atoms with Gasteiger partial charge in [0, 0.05) is 37.9 Å². The van der Waals surface area contributed by atoms with Crippen molar-refractivity contribution in [2.24, 2.45) is 18.7 Å². The van der Waals surface area contributed by atoms with Crippen molar-refractivity contribution >= 4 is 29.9 Å². The van der Waals surface area contributed by atoms with Crippen molar-refractivity contribution in [1.29, 1.82) is 0 Å². The Morgan fingerprint density at radius 2 is 2.12 bits per heavy atom. The number of halogens is 2. The number of hydrogen-bond donors (Lipinski definition) is 1. The Morgan fingerprint density at radius 3 is 2.80 bits per heavy atom. The number of hydrogen-bond acceptors (Lipinski definition) is 3. The Hall–Kier alpha value is -1.56. The van der Waals surface area contributed by atoms with E-state index >= 15 is 0 Å². The van der Waals surface area contributed by atoms with E-state index in [1.807, 2.05) is 43.1 Å². The average Bonchev–Trinajstić information content (AvgIpc) is 2.96. The minimum absolute atomic E-state index is 0. The van der Waals surface area contributed by atoms with Gasteiger partial charge in [0.05, 0.1) is 10.6 Å². The maximum Gasteiger partial charge on any atom is 0.257 e. The fourth-order valence-electron chi connectivity index (χ4n) is 3.29. The maximum atomic E-state index is 13.1. The van der Waals surface area contributed by atoms with Crippen molar-refractivity contribution in [1.82, 2.24) is 14.7 Å². The van der Waals surface area contributed by atoms with Crippen LogP contribution in [0.3, 0.4) is 0 Å². The van der Waals surface area contributed by atoms with Gasteiger partial charge < -0.3 is 10.6 Å². The monoisotopic (exact) mass is 382 g/mol. The zero-order valence-corrected chi connectivity index (χ0v) is 16.1. The lowest BCUT2D eigenvalue weighted by atomic mass is 9.91. The molecule has 2 unspecified atom stereocenters. The minimum Gasteiger partial charge on any atom is -0.338 e. The highest BCUT2D eigenvalue weighted by molar-refractivity contribution is 6.33. The van der Waals surface area contributed by atoms with Crippen LogP contribution >= 0.6 is 24.0 Å². The summed E-state index contributed by atoms with van der Waals surface area (Å²) in [6, 6.07) is 7.57. The van der Waals surface area contributed by atoms with Gasteiger partial charge in [0.15, 0.2) is 0 Å². The summed E-state index contributed by atoms with van der Waals surface area (Å²) in [5.74, 6) is 0.353. The van der Waals surface area contributed by atoms with Crippen LogP contribution in [0.2, 0.25) is 5.02 Å². The lowest BCUT2D eigenvalue weighted by Gasteiger charge is -2.34. The number of nitrogens with two attached hydrogens (primary N) is 1. The molecular formula is C18H24Cl2N4O. The van der Waals surface area contributed by atoms with Crippen molar-refractivity contribution in [2.75, 3.05) is 13.1 Å². The quantitative estimate of drug-likeness (QED) is 0.884. The predicted molar refractivity (Wildman–Crippen MR) is 103 cm³/mol. The molecule has 1 aromatic heterocycles. The topological polar surface area (TPSA) is 64.2 Å². The molecule has 5 nitrogen and oxygen atoms in total. The maximum absolute atomic E-state index is 13.1. The smallest absolute Gasteiger partial charge is 0.257 e. The second-order valence-corrected chi connectivity index (χ2v) is 6.96. The normalized spacial score (nSPS) is 18.6. The molecule has 0 bridgehead atoms. The molecule has 2 aromatic rings. The molecule has 2 atom stereocenters. The molecule has 25 heavy (non-hydrogen) atoms. The van der Waals surface area contributed by atoms with Gasteiger partial charge in [-0.15, -0.1) is 12.4 Å². The van der Waals surface area contributed by atoms with Crippen molar-refractivity contribution in [2.45, 2.75) is 25.8 Å². The molecular weight excluding hydrogens is 359 g/mol. The SMILES string of the molecule is CC(N)C1CCCN(C(=O)c2cn(C)nc2-c2ccccc2Cl)C1.Cl. The van der Waals surface area contributed by atoms with Crippen molar-refractivity contribution in [3.05, 3.63) is 41.0 Å². The summed E-state index contributed by atoms with van der Waals surface area (Å²) in [6.45, 7) is 3.48. The highest BCUT2D eigenvalue weighted by Crippen LogP contribution is 2.30. The summed E-state index contributed by atoms with van der Waals surface area (Å²) in [7, 11) is 1.82. The summed E-state index contributed by atoms with van der Waals surface area (Å²) in [5.41, 5.74) is 8.05. The van der Waals surface area contributed by atoms with Gasteiger partial charge in [0.2, 0.25) is 0 Å². The lowest BCUT2D eigenvalue weighted by molar-refractivity contribution is 0.0661. The van der Waals surface area contributed by atoms with Crippen LogP contribution in [-0.2, 0) is 7.05 Å². The number of aryl methyl sites for hydroxylation is 1. The number of piperidine rings is 1. The number of likely N-dealkylation sites (tertiary alicyclic amines) is 1. The van der Waals surface area contributed by atoms with E-state index in [1.165, 1.54) is 0 Å². The highest BCUT2D eigenvalue weighted by Gasteiger charge is 2.29. The summed E-state index contributed by atoms with van der Waals surface area (Å²) < 4.78 is 1.67. The Labute approximate surface area is 159 Å². The number of carbonyl (C=O) groups excluding carboxylic acids is 1. The summed E-state index contributed by atoms with van der Waals surface area (Å²) in [4.78, 5) is 15.0. The molecule has 1 aliphatic heterocycles. The lowest BCUT2D eigenvalue weighted by Crippen LogP contribution is -2.45. The molecule has 7 heteroatoms. The summed E-state index contributed by atoms with van der Waals surface area (Å²) >= 11 is 6.30. The Kier molecular flexibility index (Phi) is 6.49. The standard InChI is InChI=1S/C18H23ClN4O.ClH/c1-12(20)13-6-5-9-23(10-13)18(24)15-11-22(2)21-17(15)14-7-3-4-8-16(14)19;/h3-4,7-8,11-13H,5-6,9-10,20H2,1-2H3;1H. The molecule has 1 fully saturated rings. The van der Waals surface area contributed by atoms with E-state index in [-0.39, 0.29) is 24.4 Å². The molecule has 0 spiro atoms. The number of carbonyl (C=O) groups is 1. The highest BCUT2D eigenvalue weighted by atomic mass is 35.5. The third kappa shape index (κ3) is 4.17. The third-order valence-electron chi connectivity index (χ3n) is 4.68. The number of aromatic nitrogens is 2. The van der Waals surface area contributed by atoms with Crippen LogP contribution in [0.25, 0.3) is 11.3 Å². The third-order valence-corrected chi connectivity index (χ3v) is 5.01. The molecule has 1 aliphatic rings. The fourth-order valence-corrected chi connectivity index (χ4v) is 3.52. The molecule has 3 rings (SSSR count). The Balaban J connectivity index is 0.00000225. The second-order valence-electron chi connectivity index (χ2n) is 6.56. The van der Waals surface area contributed by atoms with Gasteiger partial charge in [0.1, 0.15) is 5.69 Å². The first kappa shape index (κ1) is 19.8. The molecule has 0 aliphatic carbocycles. The van der Waals surface area contributed by atoms with Crippen LogP contribution < -0.4 is 5.73 Å². The minimum atomic E-state index is 0. The second kappa shape index (κ2) is 8.21. The molecule has 1 saturated heterocycles. The van der Waals surface area contributed by atoms with Crippen LogP contribution in [0, 0.1) is 5.92 Å². The van der Waals surface area contributed by atoms with Gasteiger partial charge >= 0.3 is 0 Å². The van der Waals surface area contributed by atoms with Crippen LogP contribution in [0.4, 0.5) is 0 Å². The molecule has 2 heterocycles. The van der Waals surface area contributed by atoms with E-state index in [1.54, 1.807) is 10.9 Å².